The number of H-pyrrole nitrogens is 1. The first-order chi connectivity index (χ1) is 19.2. The van der Waals surface area contributed by atoms with Crippen LogP contribution in [0.4, 0.5) is 0 Å². The van der Waals surface area contributed by atoms with E-state index >= 15 is 0 Å². The van der Waals surface area contributed by atoms with Crippen LogP contribution in [-0.4, -0.2) is 63.1 Å². The van der Waals surface area contributed by atoms with E-state index in [2.05, 4.69) is 4.98 Å². The van der Waals surface area contributed by atoms with Crippen LogP contribution in [0.2, 0.25) is 0 Å². The monoisotopic (exact) mass is 545 g/mol. The predicted octanol–water partition coefficient (Wildman–Crippen LogP) is 3.16. The minimum atomic E-state index is -2.09. The number of benzene rings is 2. The van der Waals surface area contributed by atoms with Gasteiger partial charge in [0, 0.05) is 34.2 Å². The minimum Gasteiger partial charge on any atom is -0.466 e. The summed E-state index contributed by atoms with van der Waals surface area (Å²) >= 11 is 0. The molecule has 0 spiro atoms. The van der Waals surface area contributed by atoms with Crippen molar-refractivity contribution in [2.45, 2.75) is 18.3 Å². The molecule has 10 nitrogen and oxygen atoms in total. The lowest BCUT2D eigenvalue weighted by Gasteiger charge is -2.44. The molecule has 3 aromatic rings. The molecule has 4 rings (SSSR count). The van der Waals surface area contributed by atoms with E-state index in [1.165, 1.54) is 14.0 Å². The van der Waals surface area contributed by atoms with Crippen molar-refractivity contribution in [3.05, 3.63) is 88.6 Å². The largest absolute Gasteiger partial charge is 0.466 e. The maximum atomic E-state index is 14.2. The standard InChI is InChI=1S/C30H27NO9/c1-16(32)30(19(27(34)38-3)15-21(33)37-2)25(17-11-7-6-8-12-17)24(29(36)40-5)23(28(35)39-4)22-18-13-9-10-14-20(18)31-26(22)30/h6-15,25,31H,1-5H3/b19-15+/t25-,30+/m1/s1. The zero-order valence-corrected chi connectivity index (χ0v) is 22.5. The van der Waals surface area contributed by atoms with E-state index in [-0.39, 0.29) is 22.4 Å². The zero-order valence-electron chi connectivity index (χ0n) is 22.5. The molecule has 0 saturated heterocycles. The van der Waals surface area contributed by atoms with Gasteiger partial charge in [-0.25, -0.2) is 19.2 Å². The Morgan fingerprint density at radius 2 is 1.43 bits per heavy atom. The maximum Gasteiger partial charge on any atom is 0.339 e. The highest BCUT2D eigenvalue weighted by Gasteiger charge is 2.60. The molecule has 0 saturated carbocycles. The van der Waals surface area contributed by atoms with Gasteiger partial charge in [-0.2, -0.15) is 0 Å². The molecule has 0 aliphatic heterocycles. The second-order valence-corrected chi connectivity index (χ2v) is 8.97. The van der Waals surface area contributed by atoms with Crippen molar-refractivity contribution in [1.82, 2.24) is 4.98 Å². The molecule has 0 amide bonds. The maximum absolute atomic E-state index is 14.2. The number of ketones is 1. The number of para-hydroxylation sites is 1. The van der Waals surface area contributed by atoms with Crippen LogP contribution in [-0.2, 0) is 48.3 Å². The van der Waals surface area contributed by atoms with E-state index in [1.54, 1.807) is 54.6 Å². The second kappa shape index (κ2) is 11.0. The third-order valence-electron chi connectivity index (χ3n) is 7.12. The molecule has 1 aliphatic rings. The quantitative estimate of drug-likeness (QED) is 0.269. The van der Waals surface area contributed by atoms with Gasteiger partial charge in [0.05, 0.1) is 45.2 Å². The van der Waals surface area contributed by atoms with Crippen LogP contribution in [0.1, 0.15) is 29.7 Å². The van der Waals surface area contributed by atoms with Gasteiger partial charge in [0.2, 0.25) is 0 Å². The van der Waals surface area contributed by atoms with Crippen LogP contribution in [0.15, 0.2) is 71.8 Å². The molecule has 0 radical (unpaired) electrons. The lowest BCUT2D eigenvalue weighted by molar-refractivity contribution is -0.141. The molecule has 1 heterocycles. The number of Topliss-reactive ketones (excluding diaryl/α,β-unsaturated/α-hetero) is 1. The van der Waals surface area contributed by atoms with Crippen LogP contribution in [0.5, 0.6) is 0 Å². The number of aromatic nitrogens is 1. The van der Waals surface area contributed by atoms with Gasteiger partial charge in [-0.05, 0) is 18.6 Å². The normalized spacial score (nSPS) is 18.5. The fourth-order valence-electron chi connectivity index (χ4n) is 5.52. The summed E-state index contributed by atoms with van der Waals surface area (Å²) in [5.74, 6) is -5.72. The summed E-state index contributed by atoms with van der Waals surface area (Å²) in [5.41, 5.74) is -1.72. The van der Waals surface area contributed by atoms with Gasteiger partial charge >= 0.3 is 23.9 Å². The van der Waals surface area contributed by atoms with Crippen LogP contribution in [0.3, 0.4) is 0 Å². The third-order valence-corrected chi connectivity index (χ3v) is 7.12. The smallest absolute Gasteiger partial charge is 0.339 e. The number of ether oxygens (including phenoxy) is 4. The van der Waals surface area contributed by atoms with E-state index in [0.29, 0.717) is 16.5 Å². The van der Waals surface area contributed by atoms with Gasteiger partial charge in [0.1, 0.15) is 11.2 Å². The number of hydrogen-bond acceptors (Lipinski definition) is 9. The summed E-state index contributed by atoms with van der Waals surface area (Å²) in [6.07, 6.45) is 0.872. The van der Waals surface area contributed by atoms with Crippen LogP contribution < -0.4 is 0 Å². The van der Waals surface area contributed by atoms with Crippen molar-refractivity contribution < 1.29 is 42.9 Å². The molecule has 1 aromatic heterocycles. The van der Waals surface area contributed by atoms with E-state index < -0.39 is 46.6 Å². The van der Waals surface area contributed by atoms with Crippen molar-refractivity contribution in [2.75, 3.05) is 28.4 Å². The fraction of sp³-hybridized carbons (Fsp3) is 0.233. The molecule has 1 N–H and O–H groups in total. The van der Waals surface area contributed by atoms with Crippen LogP contribution >= 0.6 is 0 Å². The zero-order chi connectivity index (χ0) is 29.2. The Morgan fingerprint density at radius 3 is 2.00 bits per heavy atom. The Kier molecular flexibility index (Phi) is 7.72. The second-order valence-electron chi connectivity index (χ2n) is 8.97. The summed E-state index contributed by atoms with van der Waals surface area (Å²) in [6, 6.07) is 15.2. The molecule has 206 valence electrons. The number of fused-ring (bicyclic) bond motifs is 3. The van der Waals surface area contributed by atoms with Gasteiger partial charge in [-0.3, -0.25) is 4.79 Å². The Morgan fingerprint density at radius 1 is 0.800 bits per heavy atom. The summed E-state index contributed by atoms with van der Waals surface area (Å²) in [7, 11) is 4.52. The van der Waals surface area contributed by atoms with Gasteiger partial charge in [0.25, 0.3) is 0 Å². The Balaban J connectivity index is 2.38. The molecule has 0 bridgehead atoms. The fourth-order valence-corrected chi connectivity index (χ4v) is 5.52. The van der Waals surface area contributed by atoms with Gasteiger partial charge < -0.3 is 23.9 Å². The molecule has 40 heavy (non-hydrogen) atoms. The van der Waals surface area contributed by atoms with Crippen LogP contribution in [0, 0.1) is 0 Å². The molecule has 2 aromatic carbocycles. The number of rotatable bonds is 7. The average molecular weight is 546 g/mol. The van der Waals surface area contributed by atoms with Crippen LogP contribution in [0.25, 0.3) is 16.5 Å². The number of nitrogens with one attached hydrogen (secondary N) is 1. The van der Waals surface area contributed by atoms with Gasteiger partial charge in [-0.1, -0.05) is 48.5 Å². The number of carbonyl (C=O) groups excluding carboxylic acids is 5. The van der Waals surface area contributed by atoms with E-state index in [0.717, 1.165) is 27.4 Å². The highest BCUT2D eigenvalue weighted by atomic mass is 16.5. The Hall–Kier alpha value is -4.99. The molecule has 0 unspecified atom stereocenters. The first kappa shape index (κ1) is 28.0. The molecular weight excluding hydrogens is 518 g/mol. The summed E-state index contributed by atoms with van der Waals surface area (Å²) in [4.78, 5) is 70.7. The van der Waals surface area contributed by atoms with Gasteiger partial charge in [0.15, 0.2) is 0 Å². The van der Waals surface area contributed by atoms with Crippen molar-refractivity contribution in [3.63, 3.8) is 0 Å². The molecular formula is C30H27NO9. The van der Waals surface area contributed by atoms with E-state index in [4.69, 9.17) is 18.9 Å². The topological polar surface area (TPSA) is 138 Å². The Labute approximate surface area is 229 Å². The van der Waals surface area contributed by atoms with Gasteiger partial charge in [-0.15, -0.1) is 0 Å². The third kappa shape index (κ3) is 4.17. The average Bonchev–Trinajstić information content (AvgIpc) is 3.37. The van der Waals surface area contributed by atoms with Crippen molar-refractivity contribution in [3.8, 4) is 0 Å². The van der Waals surface area contributed by atoms with Crippen molar-refractivity contribution in [1.29, 1.82) is 0 Å². The Bertz CT molecular complexity index is 1600. The minimum absolute atomic E-state index is 0.101. The van der Waals surface area contributed by atoms with E-state index in [1.807, 2.05) is 0 Å². The van der Waals surface area contributed by atoms with E-state index in [9.17, 15) is 24.0 Å². The number of methoxy groups -OCH3 is 4. The number of aromatic amines is 1. The molecule has 10 heteroatoms. The summed E-state index contributed by atoms with van der Waals surface area (Å²) in [6.45, 7) is 1.23. The SMILES string of the molecule is COC(=O)/C=C(\C(=O)OC)[C@]1(C(C)=O)c2[nH]c3ccccc3c2C(C(=O)OC)=C(C(=O)OC)[C@H]1c1ccccc1. The highest BCUT2D eigenvalue weighted by molar-refractivity contribution is 6.29. The summed E-state index contributed by atoms with van der Waals surface area (Å²) in [5, 5.41) is 0.471. The lowest BCUT2D eigenvalue weighted by atomic mass is 9.55. The molecule has 0 fully saturated rings. The number of carbonyl (C=O) groups is 5. The summed E-state index contributed by atoms with van der Waals surface area (Å²) < 4.78 is 20.2. The number of esters is 4. The lowest BCUT2D eigenvalue weighted by Crippen LogP contribution is -2.50. The number of hydrogen-bond donors (Lipinski definition) is 1. The van der Waals surface area contributed by atoms with Crippen molar-refractivity contribution >= 4 is 46.1 Å². The molecule has 2 atom stereocenters. The highest BCUT2D eigenvalue weighted by Crippen LogP contribution is 2.57. The first-order valence-electron chi connectivity index (χ1n) is 12.2. The molecule has 1 aliphatic carbocycles. The van der Waals surface area contributed by atoms with Crippen molar-refractivity contribution in [2.24, 2.45) is 0 Å². The predicted molar refractivity (Wildman–Crippen MR) is 143 cm³/mol. The first-order valence-corrected chi connectivity index (χ1v) is 12.2.